The first-order valence-corrected chi connectivity index (χ1v) is 8.61. The molecular formula is C16H15BrINO. The fourth-order valence-electron chi connectivity index (χ4n) is 1.92. The molecule has 0 fully saturated rings. The van der Waals surface area contributed by atoms with E-state index in [9.17, 15) is 4.79 Å². The minimum atomic E-state index is -0.0624. The first kappa shape index (κ1) is 15.5. The number of aryl methyl sites for hydroxylation is 1. The van der Waals surface area contributed by atoms with Gasteiger partial charge in [-0.1, -0.05) is 40.2 Å². The van der Waals surface area contributed by atoms with Gasteiger partial charge in [-0.2, -0.15) is 0 Å². The lowest BCUT2D eigenvalue weighted by atomic mass is 10.1. The molecule has 0 spiro atoms. The van der Waals surface area contributed by atoms with Crippen LogP contribution in [0.4, 0.5) is 5.69 Å². The van der Waals surface area contributed by atoms with Crippen LogP contribution in [0.2, 0.25) is 0 Å². The normalized spacial score (nSPS) is 10.3. The Hall–Kier alpha value is -0.880. The maximum atomic E-state index is 12.2. The van der Waals surface area contributed by atoms with Crippen LogP contribution in [0.15, 0.2) is 48.5 Å². The standard InChI is InChI=1S/C16H15BrINO/c17-10-4-6-12-5-3-7-13(11-12)19-16(20)14-8-1-2-9-15(14)18/h1-3,5,7-9,11H,4,6,10H2,(H,19,20). The van der Waals surface area contributed by atoms with Crippen LogP contribution in [-0.4, -0.2) is 11.2 Å². The van der Waals surface area contributed by atoms with Crippen LogP contribution in [-0.2, 0) is 6.42 Å². The number of anilines is 1. The molecule has 2 aromatic carbocycles. The Morgan fingerprint density at radius 2 is 1.95 bits per heavy atom. The summed E-state index contributed by atoms with van der Waals surface area (Å²) in [6.45, 7) is 0. The Labute approximate surface area is 141 Å². The number of alkyl halides is 1. The minimum absolute atomic E-state index is 0.0624. The van der Waals surface area contributed by atoms with Crippen molar-refractivity contribution in [2.75, 3.05) is 10.6 Å². The van der Waals surface area contributed by atoms with Gasteiger partial charge in [0.05, 0.1) is 5.56 Å². The lowest BCUT2D eigenvalue weighted by Crippen LogP contribution is -2.13. The summed E-state index contributed by atoms with van der Waals surface area (Å²) in [6, 6.07) is 15.6. The molecule has 0 saturated heterocycles. The van der Waals surface area contributed by atoms with E-state index in [2.05, 4.69) is 49.9 Å². The number of hydrogen-bond acceptors (Lipinski definition) is 1. The maximum Gasteiger partial charge on any atom is 0.256 e. The Balaban J connectivity index is 2.10. The molecule has 0 bridgehead atoms. The van der Waals surface area contributed by atoms with Gasteiger partial charge < -0.3 is 5.32 Å². The summed E-state index contributed by atoms with van der Waals surface area (Å²) in [7, 11) is 0. The molecule has 2 aromatic rings. The predicted octanol–water partition coefficient (Wildman–Crippen LogP) is 4.87. The highest BCUT2D eigenvalue weighted by Gasteiger charge is 2.09. The summed E-state index contributed by atoms with van der Waals surface area (Å²) >= 11 is 5.61. The quantitative estimate of drug-likeness (QED) is 0.518. The van der Waals surface area contributed by atoms with Gasteiger partial charge in [-0.05, 0) is 65.3 Å². The third kappa shape index (κ3) is 4.31. The number of halogens is 2. The highest BCUT2D eigenvalue weighted by atomic mass is 127. The second-order valence-electron chi connectivity index (χ2n) is 4.43. The number of carbonyl (C=O) groups excluding carboxylic acids is 1. The molecule has 2 rings (SSSR count). The van der Waals surface area contributed by atoms with Gasteiger partial charge in [0.1, 0.15) is 0 Å². The van der Waals surface area contributed by atoms with Crippen molar-refractivity contribution in [1.29, 1.82) is 0 Å². The van der Waals surface area contributed by atoms with Crippen LogP contribution < -0.4 is 5.32 Å². The number of rotatable bonds is 5. The Morgan fingerprint density at radius 1 is 1.15 bits per heavy atom. The molecule has 0 atom stereocenters. The number of amides is 1. The smallest absolute Gasteiger partial charge is 0.256 e. The largest absolute Gasteiger partial charge is 0.322 e. The molecule has 0 aromatic heterocycles. The molecular weight excluding hydrogens is 429 g/mol. The second-order valence-corrected chi connectivity index (χ2v) is 6.38. The van der Waals surface area contributed by atoms with Crippen molar-refractivity contribution >= 4 is 50.1 Å². The molecule has 0 aliphatic rings. The van der Waals surface area contributed by atoms with E-state index in [4.69, 9.17) is 0 Å². The second kappa shape index (κ2) is 7.78. The Morgan fingerprint density at radius 3 is 2.70 bits per heavy atom. The molecule has 20 heavy (non-hydrogen) atoms. The molecule has 0 unspecified atom stereocenters. The molecule has 4 heteroatoms. The third-order valence-corrected chi connectivity index (χ3v) is 4.40. The van der Waals surface area contributed by atoms with E-state index in [1.54, 1.807) is 0 Å². The predicted molar refractivity (Wildman–Crippen MR) is 95.7 cm³/mol. The molecule has 1 N–H and O–H groups in total. The molecule has 0 radical (unpaired) electrons. The van der Waals surface area contributed by atoms with Crippen molar-refractivity contribution in [1.82, 2.24) is 0 Å². The maximum absolute atomic E-state index is 12.2. The lowest BCUT2D eigenvalue weighted by Gasteiger charge is -2.08. The van der Waals surface area contributed by atoms with Gasteiger partial charge in [0.2, 0.25) is 0 Å². The topological polar surface area (TPSA) is 29.1 Å². The van der Waals surface area contributed by atoms with Crippen molar-refractivity contribution < 1.29 is 4.79 Å². The first-order chi connectivity index (χ1) is 9.70. The van der Waals surface area contributed by atoms with Crippen LogP contribution in [0.5, 0.6) is 0 Å². The van der Waals surface area contributed by atoms with Gasteiger partial charge in [0, 0.05) is 14.6 Å². The zero-order valence-electron chi connectivity index (χ0n) is 10.9. The van der Waals surface area contributed by atoms with Gasteiger partial charge in [0.15, 0.2) is 0 Å². The van der Waals surface area contributed by atoms with E-state index in [-0.39, 0.29) is 5.91 Å². The molecule has 2 nitrogen and oxygen atoms in total. The Bertz CT molecular complexity index is 601. The van der Waals surface area contributed by atoms with Crippen LogP contribution in [0.1, 0.15) is 22.3 Å². The summed E-state index contributed by atoms with van der Waals surface area (Å²) in [5, 5.41) is 3.95. The number of hydrogen-bond donors (Lipinski definition) is 1. The van der Waals surface area contributed by atoms with Crippen LogP contribution in [0.3, 0.4) is 0 Å². The summed E-state index contributed by atoms with van der Waals surface area (Å²) in [5.41, 5.74) is 2.80. The van der Waals surface area contributed by atoms with Crippen molar-refractivity contribution in [3.05, 3.63) is 63.2 Å². The fourth-order valence-corrected chi connectivity index (χ4v) is 2.83. The van der Waals surface area contributed by atoms with Gasteiger partial charge >= 0.3 is 0 Å². The van der Waals surface area contributed by atoms with E-state index in [0.29, 0.717) is 5.56 Å². The van der Waals surface area contributed by atoms with E-state index >= 15 is 0 Å². The highest BCUT2D eigenvalue weighted by molar-refractivity contribution is 14.1. The average Bonchev–Trinajstić information content (AvgIpc) is 2.46. The van der Waals surface area contributed by atoms with Gasteiger partial charge in [-0.15, -0.1) is 0 Å². The van der Waals surface area contributed by atoms with Crippen molar-refractivity contribution in [3.63, 3.8) is 0 Å². The molecule has 104 valence electrons. The summed E-state index contributed by atoms with van der Waals surface area (Å²) in [6.07, 6.45) is 2.10. The zero-order chi connectivity index (χ0) is 14.4. The first-order valence-electron chi connectivity index (χ1n) is 6.41. The highest BCUT2D eigenvalue weighted by Crippen LogP contribution is 2.16. The molecule has 1 amide bonds. The summed E-state index contributed by atoms with van der Waals surface area (Å²) < 4.78 is 0.957. The van der Waals surface area contributed by atoms with Gasteiger partial charge in [-0.3, -0.25) is 4.79 Å². The molecule has 0 heterocycles. The monoisotopic (exact) mass is 443 g/mol. The minimum Gasteiger partial charge on any atom is -0.322 e. The van der Waals surface area contributed by atoms with Gasteiger partial charge in [-0.25, -0.2) is 0 Å². The van der Waals surface area contributed by atoms with E-state index in [0.717, 1.165) is 27.4 Å². The van der Waals surface area contributed by atoms with Crippen LogP contribution in [0.25, 0.3) is 0 Å². The average molecular weight is 444 g/mol. The number of benzene rings is 2. The van der Waals surface area contributed by atoms with E-state index < -0.39 is 0 Å². The molecule has 0 aliphatic heterocycles. The van der Waals surface area contributed by atoms with Crippen molar-refractivity contribution in [2.24, 2.45) is 0 Å². The fraction of sp³-hybridized carbons (Fsp3) is 0.188. The van der Waals surface area contributed by atoms with Crippen molar-refractivity contribution in [2.45, 2.75) is 12.8 Å². The van der Waals surface area contributed by atoms with Crippen LogP contribution >= 0.6 is 38.5 Å². The Kier molecular flexibility index (Phi) is 6.04. The summed E-state index contributed by atoms with van der Waals surface area (Å²) in [5.74, 6) is -0.0624. The third-order valence-electron chi connectivity index (χ3n) is 2.90. The SMILES string of the molecule is O=C(Nc1cccc(CCCBr)c1)c1ccccc1I. The number of carbonyl (C=O) groups is 1. The molecule has 0 aliphatic carbocycles. The van der Waals surface area contributed by atoms with Crippen molar-refractivity contribution in [3.8, 4) is 0 Å². The van der Waals surface area contributed by atoms with E-state index in [1.165, 1.54) is 5.56 Å². The van der Waals surface area contributed by atoms with Gasteiger partial charge in [0.25, 0.3) is 5.91 Å². The molecule has 0 saturated carbocycles. The van der Waals surface area contributed by atoms with Crippen LogP contribution in [0, 0.1) is 3.57 Å². The van der Waals surface area contributed by atoms with E-state index in [1.807, 2.05) is 42.5 Å². The lowest BCUT2D eigenvalue weighted by molar-refractivity contribution is 0.102. The summed E-state index contributed by atoms with van der Waals surface area (Å²) in [4.78, 5) is 12.2. The zero-order valence-corrected chi connectivity index (χ0v) is 14.6. The number of nitrogens with one attached hydrogen (secondary N) is 1.